The van der Waals surface area contributed by atoms with Gasteiger partial charge in [-0.15, -0.1) is 0 Å². The van der Waals surface area contributed by atoms with E-state index in [1.54, 1.807) is 0 Å². The Labute approximate surface area is 128 Å². The second-order valence-electron chi connectivity index (χ2n) is 7.22. The molecule has 0 radical (unpaired) electrons. The van der Waals surface area contributed by atoms with Gasteiger partial charge in [-0.2, -0.15) is 5.10 Å². The molecular weight excluding hydrogens is 258 g/mol. The van der Waals surface area contributed by atoms with Gasteiger partial charge in [-0.05, 0) is 42.4 Å². The van der Waals surface area contributed by atoms with E-state index in [0.717, 1.165) is 17.8 Å². The highest BCUT2D eigenvalue weighted by Gasteiger charge is 2.20. The molecule has 2 N–H and O–H groups in total. The molecule has 2 rings (SSSR count). The summed E-state index contributed by atoms with van der Waals surface area (Å²) in [6.07, 6.45) is 3.99. The van der Waals surface area contributed by atoms with Crippen LogP contribution in [-0.4, -0.2) is 9.78 Å². The average molecular weight is 285 g/mol. The van der Waals surface area contributed by atoms with E-state index in [4.69, 9.17) is 5.73 Å². The summed E-state index contributed by atoms with van der Waals surface area (Å²) in [5.41, 5.74) is 8.93. The summed E-state index contributed by atoms with van der Waals surface area (Å²) >= 11 is 0. The first-order valence-electron chi connectivity index (χ1n) is 7.72. The standard InChI is InChI=1S/C18H27N3/c1-14(13-18(2,3)4)12-16(19)17-10-11-20-21(17)15-8-6-5-7-9-15/h5-11,14,16H,12-13,19H2,1-4H3. The van der Waals surface area contributed by atoms with E-state index in [9.17, 15) is 0 Å². The van der Waals surface area contributed by atoms with Gasteiger partial charge in [0.25, 0.3) is 0 Å². The highest BCUT2D eigenvalue weighted by molar-refractivity contribution is 5.33. The molecule has 0 spiro atoms. The number of para-hydroxylation sites is 1. The molecule has 1 aromatic heterocycles. The van der Waals surface area contributed by atoms with Crippen LogP contribution >= 0.6 is 0 Å². The van der Waals surface area contributed by atoms with Gasteiger partial charge in [0.1, 0.15) is 0 Å². The number of hydrogen-bond acceptors (Lipinski definition) is 2. The lowest BCUT2D eigenvalue weighted by molar-refractivity contribution is 0.285. The molecule has 1 aromatic carbocycles. The quantitative estimate of drug-likeness (QED) is 0.888. The first kappa shape index (κ1) is 15.8. The van der Waals surface area contributed by atoms with E-state index >= 15 is 0 Å². The van der Waals surface area contributed by atoms with Gasteiger partial charge in [0.15, 0.2) is 0 Å². The molecule has 2 unspecified atom stereocenters. The predicted octanol–water partition coefficient (Wildman–Crippen LogP) is 4.33. The van der Waals surface area contributed by atoms with Crippen LogP contribution in [0.2, 0.25) is 0 Å². The third-order valence-corrected chi connectivity index (χ3v) is 3.67. The highest BCUT2D eigenvalue weighted by atomic mass is 15.3. The number of benzene rings is 1. The lowest BCUT2D eigenvalue weighted by Gasteiger charge is -2.25. The average Bonchev–Trinajstić information content (AvgIpc) is 2.86. The lowest BCUT2D eigenvalue weighted by Crippen LogP contribution is -2.20. The van der Waals surface area contributed by atoms with Gasteiger partial charge in [-0.25, -0.2) is 4.68 Å². The van der Waals surface area contributed by atoms with Crippen molar-refractivity contribution in [1.29, 1.82) is 0 Å². The Bertz CT molecular complexity index is 551. The smallest absolute Gasteiger partial charge is 0.0649 e. The molecule has 0 aliphatic rings. The Hall–Kier alpha value is -1.61. The third-order valence-electron chi connectivity index (χ3n) is 3.67. The van der Waals surface area contributed by atoms with E-state index in [1.165, 1.54) is 6.42 Å². The predicted molar refractivity (Wildman–Crippen MR) is 88.3 cm³/mol. The van der Waals surface area contributed by atoms with Crippen molar-refractivity contribution in [2.75, 3.05) is 0 Å². The lowest BCUT2D eigenvalue weighted by atomic mass is 9.82. The maximum absolute atomic E-state index is 6.44. The van der Waals surface area contributed by atoms with Gasteiger partial charge < -0.3 is 5.73 Å². The first-order chi connectivity index (χ1) is 9.87. The van der Waals surface area contributed by atoms with Crippen molar-refractivity contribution in [3.05, 3.63) is 48.3 Å². The minimum atomic E-state index is 0.0186. The van der Waals surface area contributed by atoms with Crippen LogP contribution in [0.1, 0.15) is 52.3 Å². The number of hydrogen-bond donors (Lipinski definition) is 1. The minimum absolute atomic E-state index is 0.0186. The van der Waals surface area contributed by atoms with Gasteiger partial charge in [0.2, 0.25) is 0 Å². The monoisotopic (exact) mass is 285 g/mol. The van der Waals surface area contributed by atoms with Crippen molar-refractivity contribution in [2.45, 2.75) is 46.6 Å². The molecule has 2 aromatic rings. The fourth-order valence-electron chi connectivity index (χ4n) is 3.06. The molecule has 1 heterocycles. The van der Waals surface area contributed by atoms with Crippen molar-refractivity contribution >= 4 is 0 Å². The number of nitrogens with zero attached hydrogens (tertiary/aromatic N) is 2. The van der Waals surface area contributed by atoms with Crippen molar-refractivity contribution < 1.29 is 0 Å². The first-order valence-corrected chi connectivity index (χ1v) is 7.72. The van der Waals surface area contributed by atoms with Gasteiger partial charge in [0.05, 0.1) is 11.4 Å². The SMILES string of the molecule is CC(CC(N)c1ccnn1-c1ccccc1)CC(C)(C)C. The normalized spacial score (nSPS) is 14.9. The van der Waals surface area contributed by atoms with Crippen LogP contribution in [0.3, 0.4) is 0 Å². The van der Waals surface area contributed by atoms with E-state index in [-0.39, 0.29) is 6.04 Å². The maximum Gasteiger partial charge on any atom is 0.0649 e. The van der Waals surface area contributed by atoms with Crippen LogP contribution in [0.5, 0.6) is 0 Å². The zero-order valence-corrected chi connectivity index (χ0v) is 13.6. The zero-order valence-electron chi connectivity index (χ0n) is 13.6. The van der Waals surface area contributed by atoms with Crippen molar-refractivity contribution in [1.82, 2.24) is 9.78 Å². The summed E-state index contributed by atoms with van der Waals surface area (Å²) in [6, 6.07) is 12.2. The Kier molecular flexibility index (Phi) is 4.84. The molecule has 3 nitrogen and oxygen atoms in total. The minimum Gasteiger partial charge on any atom is -0.323 e. The van der Waals surface area contributed by atoms with Crippen molar-refractivity contribution in [3.8, 4) is 5.69 Å². The second-order valence-corrected chi connectivity index (χ2v) is 7.22. The molecule has 0 fully saturated rings. The Morgan fingerprint density at radius 1 is 1.14 bits per heavy atom. The molecule has 3 heteroatoms. The van der Waals surface area contributed by atoms with Crippen LogP contribution in [0.25, 0.3) is 5.69 Å². The largest absolute Gasteiger partial charge is 0.323 e. The summed E-state index contributed by atoms with van der Waals surface area (Å²) in [4.78, 5) is 0. The number of rotatable bonds is 5. The number of nitrogens with two attached hydrogens (primary N) is 1. The highest BCUT2D eigenvalue weighted by Crippen LogP contribution is 2.30. The summed E-state index contributed by atoms with van der Waals surface area (Å²) in [7, 11) is 0. The van der Waals surface area contributed by atoms with E-state index in [1.807, 2.05) is 35.1 Å². The van der Waals surface area contributed by atoms with Crippen LogP contribution < -0.4 is 5.73 Å². The Morgan fingerprint density at radius 3 is 2.43 bits per heavy atom. The summed E-state index contributed by atoms with van der Waals surface area (Å²) in [5, 5.41) is 4.43. The van der Waals surface area contributed by atoms with E-state index < -0.39 is 0 Å². The topological polar surface area (TPSA) is 43.8 Å². The summed E-state index contributed by atoms with van der Waals surface area (Å²) in [5.74, 6) is 0.596. The summed E-state index contributed by atoms with van der Waals surface area (Å²) in [6.45, 7) is 9.13. The zero-order chi connectivity index (χ0) is 15.5. The number of aromatic nitrogens is 2. The molecule has 114 valence electrons. The fourth-order valence-corrected chi connectivity index (χ4v) is 3.06. The van der Waals surface area contributed by atoms with Gasteiger partial charge >= 0.3 is 0 Å². The molecule has 21 heavy (non-hydrogen) atoms. The molecule has 0 aliphatic carbocycles. The Balaban J connectivity index is 2.11. The Morgan fingerprint density at radius 2 is 1.81 bits per heavy atom. The molecule has 0 saturated carbocycles. The molecule has 0 saturated heterocycles. The van der Waals surface area contributed by atoms with Gasteiger partial charge in [0, 0.05) is 12.2 Å². The second kappa shape index (κ2) is 6.44. The van der Waals surface area contributed by atoms with Crippen molar-refractivity contribution in [3.63, 3.8) is 0 Å². The molecule has 0 amide bonds. The van der Waals surface area contributed by atoms with Crippen LogP contribution in [0.4, 0.5) is 0 Å². The molecule has 2 atom stereocenters. The molecule has 0 aliphatic heterocycles. The fraction of sp³-hybridized carbons (Fsp3) is 0.500. The maximum atomic E-state index is 6.44. The van der Waals surface area contributed by atoms with E-state index in [2.05, 4.69) is 44.9 Å². The molecular formula is C18H27N3. The van der Waals surface area contributed by atoms with Crippen molar-refractivity contribution in [2.24, 2.45) is 17.1 Å². The molecule has 0 bridgehead atoms. The summed E-state index contributed by atoms with van der Waals surface area (Å²) < 4.78 is 1.95. The third kappa shape index (κ3) is 4.43. The van der Waals surface area contributed by atoms with Gasteiger partial charge in [-0.1, -0.05) is 45.9 Å². The van der Waals surface area contributed by atoms with E-state index in [0.29, 0.717) is 11.3 Å². The van der Waals surface area contributed by atoms with Gasteiger partial charge in [-0.3, -0.25) is 0 Å². The van der Waals surface area contributed by atoms with Crippen LogP contribution in [0.15, 0.2) is 42.6 Å². The van der Waals surface area contributed by atoms with Crippen LogP contribution in [0, 0.1) is 11.3 Å². The van der Waals surface area contributed by atoms with Crippen LogP contribution in [-0.2, 0) is 0 Å².